The number of carbonyl (C=O) groups excluding carboxylic acids is 1. The molecule has 0 radical (unpaired) electrons. The normalized spacial score (nSPS) is 7.73. The SMILES string of the molecule is CCCOC=O.c1ccsc1. The Morgan fingerprint density at radius 3 is 2.27 bits per heavy atom. The summed E-state index contributed by atoms with van der Waals surface area (Å²) in [6, 6.07) is 4.04. The fourth-order valence-corrected chi connectivity index (χ4v) is 0.846. The summed E-state index contributed by atoms with van der Waals surface area (Å²) in [5.74, 6) is 0. The van der Waals surface area contributed by atoms with Gasteiger partial charge in [0.25, 0.3) is 6.47 Å². The average Bonchev–Trinajstić information content (AvgIpc) is 2.57. The van der Waals surface area contributed by atoms with Crippen LogP contribution in [0.5, 0.6) is 0 Å². The Hall–Kier alpha value is -0.830. The second-order valence-corrected chi connectivity index (χ2v) is 2.58. The molecule has 0 spiro atoms. The molecule has 2 nitrogen and oxygen atoms in total. The topological polar surface area (TPSA) is 26.3 Å². The molecular formula is C8H12O2S. The van der Waals surface area contributed by atoms with Crippen LogP contribution in [-0.2, 0) is 9.53 Å². The molecule has 62 valence electrons. The second kappa shape index (κ2) is 9.17. The van der Waals surface area contributed by atoms with E-state index >= 15 is 0 Å². The summed E-state index contributed by atoms with van der Waals surface area (Å²) in [6.45, 7) is 2.95. The fourth-order valence-electron chi connectivity index (χ4n) is 0.393. The Balaban J connectivity index is 0.000000183. The minimum Gasteiger partial charge on any atom is -0.468 e. The Morgan fingerprint density at radius 2 is 2.09 bits per heavy atom. The molecule has 0 bridgehead atoms. The van der Waals surface area contributed by atoms with E-state index < -0.39 is 0 Å². The van der Waals surface area contributed by atoms with Crippen molar-refractivity contribution in [2.75, 3.05) is 6.61 Å². The summed E-state index contributed by atoms with van der Waals surface area (Å²) in [5.41, 5.74) is 0. The molecule has 1 aromatic heterocycles. The van der Waals surface area contributed by atoms with Crippen molar-refractivity contribution < 1.29 is 9.53 Å². The smallest absolute Gasteiger partial charge is 0.293 e. The third-order valence-corrected chi connectivity index (χ3v) is 1.44. The Morgan fingerprint density at radius 1 is 1.45 bits per heavy atom. The first-order valence-electron chi connectivity index (χ1n) is 3.44. The van der Waals surface area contributed by atoms with Crippen LogP contribution in [0.2, 0.25) is 0 Å². The number of hydrogen-bond acceptors (Lipinski definition) is 3. The predicted molar refractivity (Wildman–Crippen MR) is 46.6 cm³/mol. The zero-order valence-corrected chi connectivity index (χ0v) is 7.34. The molecule has 1 aromatic rings. The van der Waals surface area contributed by atoms with Crippen molar-refractivity contribution in [2.45, 2.75) is 13.3 Å². The number of hydrogen-bond donors (Lipinski definition) is 0. The van der Waals surface area contributed by atoms with Crippen molar-refractivity contribution in [3.8, 4) is 0 Å². The molecule has 0 saturated carbocycles. The highest BCUT2D eigenvalue weighted by atomic mass is 32.1. The van der Waals surface area contributed by atoms with Crippen molar-refractivity contribution >= 4 is 17.8 Å². The first-order valence-corrected chi connectivity index (χ1v) is 4.38. The van der Waals surface area contributed by atoms with Crippen LogP contribution in [0.3, 0.4) is 0 Å². The van der Waals surface area contributed by atoms with Crippen LogP contribution in [0, 0.1) is 0 Å². The van der Waals surface area contributed by atoms with E-state index in [1.165, 1.54) is 0 Å². The quantitative estimate of drug-likeness (QED) is 0.516. The highest BCUT2D eigenvalue weighted by Gasteiger charge is 1.71. The fraction of sp³-hybridized carbons (Fsp3) is 0.375. The number of rotatable bonds is 3. The van der Waals surface area contributed by atoms with Gasteiger partial charge in [-0.3, -0.25) is 4.79 Å². The Kier molecular flexibility index (Phi) is 8.48. The van der Waals surface area contributed by atoms with Gasteiger partial charge in [-0.25, -0.2) is 0 Å². The van der Waals surface area contributed by atoms with E-state index in [1.807, 2.05) is 29.8 Å². The van der Waals surface area contributed by atoms with Crippen molar-refractivity contribution in [3.63, 3.8) is 0 Å². The molecule has 0 aliphatic carbocycles. The molecule has 0 fully saturated rings. The van der Waals surface area contributed by atoms with Crippen LogP contribution < -0.4 is 0 Å². The molecule has 1 heterocycles. The second-order valence-electron chi connectivity index (χ2n) is 1.76. The van der Waals surface area contributed by atoms with E-state index in [2.05, 4.69) is 4.74 Å². The summed E-state index contributed by atoms with van der Waals surface area (Å²) in [6.07, 6.45) is 0.902. The molecule has 1 rings (SSSR count). The lowest BCUT2D eigenvalue weighted by Gasteiger charge is -1.86. The van der Waals surface area contributed by atoms with Gasteiger partial charge in [0.05, 0.1) is 6.61 Å². The Labute approximate surface area is 70.8 Å². The third kappa shape index (κ3) is 9.17. The van der Waals surface area contributed by atoms with Gasteiger partial charge < -0.3 is 4.74 Å². The van der Waals surface area contributed by atoms with Crippen LogP contribution in [-0.4, -0.2) is 13.1 Å². The van der Waals surface area contributed by atoms with Crippen molar-refractivity contribution in [1.82, 2.24) is 0 Å². The van der Waals surface area contributed by atoms with Gasteiger partial charge in [-0.05, 0) is 17.2 Å². The van der Waals surface area contributed by atoms with Crippen LogP contribution in [0.1, 0.15) is 13.3 Å². The van der Waals surface area contributed by atoms with E-state index in [0.29, 0.717) is 13.1 Å². The van der Waals surface area contributed by atoms with Gasteiger partial charge in [-0.1, -0.05) is 19.1 Å². The maximum atomic E-state index is 9.34. The molecule has 0 aliphatic rings. The predicted octanol–water partition coefficient (Wildman–Crippen LogP) is 2.32. The molecule has 0 N–H and O–H groups in total. The number of ether oxygens (including phenoxy) is 1. The molecule has 0 unspecified atom stereocenters. The van der Waals surface area contributed by atoms with Crippen molar-refractivity contribution in [3.05, 3.63) is 22.9 Å². The average molecular weight is 172 g/mol. The first kappa shape index (κ1) is 10.2. The summed E-state index contributed by atoms with van der Waals surface area (Å²) in [7, 11) is 0. The van der Waals surface area contributed by atoms with E-state index in [9.17, 15) is 4.79 Å². The standard InChI is InChI=1S/C4H8O2.C4H4S/c1-2-3-6-4-5;1-2-4-5-3-1/h4H,2-3H2,1H3;1-4H. The summed E-state index contributed by atoms with van der Waals surface area (Å²) in [5, 5.41) is 4.08. The van der Waals surface area contributed by atoms with Crippen LogP contribution in [0.15, 0.2) is 22.9 Å². The van der Waals surface area contributed by atoms with Crippen LogP contribution in [0.4, 0.5) is 0 Å². The van der Waals surface area contributed by atoms with Gasteiger partial charge in [-0.2, -0.15) is 11.3 Å². The van der Waals surface area contributed by atoms with Gasteiger partial charge in [-0.15, -0.1) is 0 Å². The summed E-state index contributed by atoms with van der Waals surface area (Å²) >= 11 is 1.71. The van der Waals surface area contributed by atoms with E-state index in [-0.39, 0.29) is 0 Å². The molecule has 0 aliphatic heterocycles. The molecule has 3 heteroatoms. The molecule has 0 aromatic carbocycles. The maximum Gasteiger partial charge on any atom is 0.293 e. The lowest BCUT2D eigenvalue weighted by atomic mass is 10.5. The van der Waals surface area contributed by atoms with E-state index in [0.717, 1.165) is 6.42 Å². The molecule has 0 amide bonds. The zero-order chi connectivity index (χ0) is 8.36. The Bertz CT molecular complexity index is 132. The van der Waals surface area contributed by atoms with Crippen molar-refractivity contribution in [2.24, 2.45) is 0 Å². The van der Waals surface area contributed by atoms with Crippen molar-refractivity contribution in [1.29, 1.82) is 0 Å². The molecule has 11 heavy (non-hydrogen) atoms. The molecule has 0 atom stereocenters. The highest BCUT2D eigenvalue weighted by molar-refractivity contribution is 7.07. The van der Waals surface area contributed by atoms with Gasteiger partial charge in [0.1, 0.15) is 0 Å². The van der Waals surface area contributed by atoms with E-state index in [1.54, 1.807) is 11.3 Å². The van der Waals surface area contributed by atoms with Gasteiger partial charge >= 0.3 is 0 Å². The van der Waals surface area contributed by atoms with Gasteiger partial charge in [0, 0.05) is 0 Å². The molecular weight excluding hydrogens is 160 g/mol. The number of thiophene rings is 1. The highest BCUT2D eigenvalue weighted by Crippen LogP contribution is 1.91. The largest absolute Gasteiger partial charge is 0.468 e. The lowest BCUT2D eigenvalue weighted by molar-refractivity contribution is -0.128. The van der Waals surface area contributed by atoms with Crippen LogP contribution >= 0.6 is 11.3 Å². The maximum absolute atomic E-state index is 9.34. The third-order valence-electron chi connectivity index (χ3n) is 0.815. The van der Waals surface area contributed by atoms with E-state index in [4.69, 9.17) is 0 Å². The molecule has 0 saturated heterocycles. The van der Waals surface area contributed by atoms with Gasteiger partial charge in [0.15, 0.2) is 0 Å². The monoisotopic (exact) mass is 172 g/mol. The lowest BCUT2D eigenvalue weighted by Crippen LogP contribution is -1.86. The summed E-state index contributed by atoms with van der Waals surface area (Å²) in [4.78, 5) is 9.34. The summed E-state index contributed by atoms with van der Waals surface area (Å²) < 4.78 is 4.30. The first-order chi connectivity index (χ1) is 5.41. The van der Waals surface area contributed by atoms with Crippen LogP contribution in [0.25, 0.3) is 0 Å². The zero-order valence-electron chi connectivity index (χ0n) is 6.53. The van der Waals surface area contributed by atoms with Gasteiger partial charge in [0.2, 0.25) is 0 Å². The number of carbonyl (C=O) groups is 1. The minimum atomic E-state index is 0.462. The minimum absolute atomic E-state index is 0.462.